The molecular formula is C14H12CuO6. The molecule has 0 spiro atoms. The Morgan fingerprint density at radius 1 is 1.19 bits per heavy atom. The van der Waals surface area contributed by atoms with Crippen molar-refractivity contribution in [3.8, 4) is 0 Å². The third kappa shape index (κ3) is 5.06. The van der Waals surface area contributed by atoms with Crippen LogP contribution in [0.1, 0.15) is 33.2 Å². The van der Waals surface area contributed by atoms with Crippen molar-refractivity contribution in [2.75, 3.05) is 6.61 Å². The van der Waals surface area contributed by atoms with Gasteiger partial charge in [0.25, 0.3) is 0 Å². The minimum atomic E-state index is -1.62. The first-order chi connectivity index (χ1) is 9.34. The van der Waals surface area contributed by atoms with E-state index in [0.717, 1.165) is 6.07 Å². The van der Waals surface area contributed by atoms with Crippen LogP contribution in [0.15, 0.2) is 30.4 Å². The molecule has 0 bridgehead atoms. The summed E-state index contributed by atoms with van der Waals surface area (Å²) in [6, 6.07) is 3.92. The van der Waals surface area contributed by atoms with Crippen molar-refractivity contribution >= 4 is 17.9 Å². The van der Waals surface area contributed by atoms with Crippen LogP contribution in [0.4, 0.5) is 0 Å². The SMILES string of the molecule is C=C(C)C(=O)OCCc1cccc(C(=O)[O-])c1C(=O)[O-].[Cu+2]. The smallest absolute Gasteiger partial charge is 0.545 e. The van der Waals surface area contributed by atoms with Crippen molar-refractivity contribution in [3.05, 3.63) is 47.0 Å². The molecule has 1 aromatic carbocycles. The molecule has 0 saturated carbocycles. The van der Waals surface area contributed by atoms with Gasteiger partial charge in [0.05, 0.1) is 18.5 Å². The molecular weight excluding hydrogens is 328 g/mol. The van der Waals surface area contributed by atoms with E-state index >= 15 is 0 Å². The summed E-state index contributed by atoms with van der Waals surface area (Å²) in [4.78, 5) is 33.1. The van der Waals surface area contributed by atoms with Crippen molar-refractivity contribution < 1.29 is 46.4 Å². The van der Waals surface area contributed by atoms with E-state index in [9.17, 15) is 24.6 Å². The summed E-state index contributed by atoms with van der Waals surface area (Å²) in [5.41, 5.74) is -0.512. The average molecular weight is 340 g/mol. The quantitative estimate of drug-likeness (QED) is 0.376. The van der Waals surface area contributed by atoms with Gasteiger partial charge in [-0.3, -0.25) is 0 Å². The zero-order valence-electron chi connectivity index (χ0n) is 11.1. The Labute approximate surface area is 131 Å². The summed E-state index contributed by atoms with van der Waals surface area (Å²) < 4.78 is 4.83. The molecule has 0 aliphatic carbocycles. The summed E-state index contributed by atoms with van der Waals surface area (Å²) in [7, 11) is 0. The van der Waals surface area contributed by atoms with E-state index < -0.39 is 29.0 Å². The van der Waals surface area contributed by atoms with E-state index in [2.05, 4.69) is 6.58 Å². The Balaban J connectivity index is 0.00000400. The normalized spacial score (nSPS) is 9.38. The van der Waals surface area contributed by atoms with Crippen LogP contribution in [0, 0.1) is 0 Å². The molecule has 21 heavy (non-hydrogen) atoms. The zero-order chi connectivity index (χ0) is 15.3. The van der Waals surface area contributed by atoms with Gasteiger partial charge in [-0.25, -0.2) is 4.79 Å². The molecule has 0 amide bonds. The predicted molar refractivity (Wildman–Crippen MR) is 64.6 cm³/mol. The molecule has 0 N–H and O–H groups in total. The average Bonchev–Trinajstić information content (AvgIpc) is 2.37. The second kappa shape index (κ2) is 8.24. The fraction of sp³-hybridized carbons (Fsp3) is 0.214. The van der Waals surface area contributed by atoms with Crippen LogP contribution in [-0.2, 0) is 33.0 Å². The van der Waals surface area contributed by atoms with Gasteiger partial charge in [-0.2, -0.15) is 0 Å². The van der Waals surface area contributed by atoms with Crippen molar-refractivity contribution in [1.29, 1.82) is 0 Å². The van der Waals surface area contributed by atoms with Gasteiger partial charge in [-0.1, -0.05) is 24.8 Å². The van der Waals surface area contributed by atoms with Crippen molar-refractivity contribution in [1.82, 2.24) is 0 Å². The second-order valence-electron chi connectivity index (χ2n) is 4.08. The predicted octanol–water partition coefficient (Wildman–Crippen LogP) is -0.927. The topological polar surface area (TPSA) is 107 Å². The van der Waals surface area contributed by atoms with E-state index in [1.165, 1.54) is 19.1 Å². The summed E-state index contributed by atoms with van der Waals surface area (Å²) in [6.45, 7) is 4.78. The van der Waals surface area contributed by atoms with Gasteiger partial charge in [0.2, 0.25) is 0 Å². The fourth-order valence-electron chi connectivity index (χ4n) is 1.60. The first-order valence-corrected chi connectivity index (χ1v) is 5.71. The molecule has 1 radical (unpaired) electrons. The summed E-state index contributed by atoms with van der Waals surface area (Å²) in [5, 5.41) is 21.9. The van der Waals surface area contributed by atoms with Crippen LogP contribution in [0.25, 0.3) is 0 Å². The van der Waals surface area contributed by atoms with Crippen LogP contribution in [0.2, 0.25) is 0 Å². The molecule has 0 heterocycles. The number of carbonyl (C=O) groups excluding carboxylic acids is 3. The molecule has 0 saturated heterocycles. The van der Waals surface area contributed by atoms with Gasteiger partial charge >= 0.3 is 23.0 Å². The largest absolute Gasteiger partial charge is 2.00 e. The molecule has 1 rings (SSSR count). The maximum atomic E-state index is 11.2. The third-order valence-corrected chi connectivity index (χ3v) is 2.53. The molecule has 0 aliphatic rings. The number of hydrogen-bond acceptors (Lipinski definition) is 6. The van der Waals surface area contributed by atoms with Crippen LogP contribution in [-0.4, -0.2) is 24.5 Å². The standard InChI is InChI=1S/C14H14O6.Cu/c1-8(2)14(19)20-7-6-9-4-3-5-10(12(15)16)11(9)13(17)18;/h3-5H,1,6-7H2,2H3,(H,15,16)(H,17,18);/q;+2/p-2. The first-order valence-electron chi connectivity index (χ1n) is 5.71. The molecule has 0 unspecified atom stereocenters. The third-order valence-electron chi connectivity index (χ3n) is 2.53. The van der Waals surface area contributed by atoms with E-state index in [4.69, 9.17) is 4.74 Å². The Morgan fingerprint density at radius 3 is 2.29 bits per heavy atom. The van der Waals surface area contributed by atoms with Gasteiger partial charge in [-0.05, 0) is 12.5 Å². The van der Waals surface area contributed by atoms with Crippen LogP contribution in [0.5, 0.6) is 0 Å². The fourth-order valence-corrected chi connectivity index (χ4v) is 1.60. The number of ether oxygens (including phenoxy) is 1. The Kier molecular flexibility index (Phi) is 7.41. The zero-order valence-corrected chi connectivity index (χ0v) is 12.0. The van der Waals surface area contributed by atoms with E-state index in [0.29, 0.717) is 0 Å². The van der Waals surface area contributed by atoms with Gasteiger partial charge in [-0.15, -0.1) is 0 Å². The summed E-state index contributed by atoms with van der Waals surface area (Å²) in [5.74, 6) is -3.83. The van der Waals surface area contributed by atoms with Crippen LogP contribution < -0.4 is 10.2 Å². The van der Waals surface area contributed by atoms with Crippen molar-refractivity contribution in [3.63, 3.8) is 0 Å². The first kappa shape index (κ1) is 18.9. The molecule has 1 aromatic rings. The molecule has 0 aliphatic heterocycles. The number of benzene rings is 1. The van der Waals surface area contributed by atoms with Crippen molar-refractivity contribution in [2.24, 2.45) is 0 Å². The van der Waals surface area contributed by atoms with Gasteiger partial charge in [0.1, 0.15) is 0 Å². The molecule has 0 atom stereocenters. The second-order valence-corrected chi connectivity index (χ2v) is 4.08. The number of esters is 1. The molecule has 7 heteroatoms. The molecule has 6 nitrogen and oxygen atoms in total. The number of carboxylic acid groups (broad SMARTS) is 2. The number of carbonyl (C=O) groups is 3. The maximum Gasteiger partial charge on any atom is 2.00 e. The Hall–Kier alpha value is -2.11. The van der Waals surface area contributed by atoms with Crippen molar-refractivity contribution in [2.45, 2.75) is 13.3 Å². The monoisotopic (exact) mass is 339 g/mol. The number of rotatable bonds is 6. The van der Waals surface area contributed by atoms with E-state index in [-0.39, 0.29) is 41.2 Å². The maximum absolute atomic E-state index is 11.2. The number of hydrogen-bond donors (Lipinski definition) is 0. The van der Waals surface area contributed by atoms with E-state index in [1.807, 2.05) is 0 Å². The summed E-state index contributed by atoms with van der Waals surface area (Å²) >= 11 is 0. The molecule has 0 aromatic heterocycles. The van der Waals surface area contributed by atoms with Crippen LogP contribution in [0.3, 0.4) is 0 Å². The van der Waals surface area contributed by atoms with Gasteiger partial charge < -0.3 is 24.5 Å². The Bertz CT molecular complexity index is 579. The van der Waals surface area contributed by atoms with Gasteiger partial charge in [0, 0.05) is 23.1 Å². The summed E-state index contributed by atoms with van der Waals surface area (Å²) in [6.07, 6.45) is 0.0451. The Morgan fingerprint density at radius 2 is 1.81 bits per heavy atom. The van der Waals surface area contributed by atoms with Gasteiger partial charge in [0.15, 0.2) is 0 Å². The van der Waals surface area contributed by atoms with E-state index in [1.54, 1.807) is 0 Å². The minimum absolute atomic E-state index is 0. The number of aromatic carboxylic acids is 2. The molecule has 0 fully saturated rings. The number of carboxylic acids is 2. The minimum Gasteiger partial charge on any atom is -0.545 e. The molecule has 115 valence electrons. The van der Waals surface area contributed by atoms with Crippen LogP contribution >= 0.6 is 0 Å².